The molecule has 2 fully saturated rings. The first kappa shape index (κ1) is 8.53. The van der Waals surface area contributed by atoms with Gasteiger partial charge in [0.2, 0.25) is 11.8 Å². The summed E-state index contributed by atoms with van der Waals surface area (Å²) in [7, 11) is 0. The molecule has 1 saturated heterocycles. The predicted octanol–water partition coefficient (Wildman–Crippen LogP) is -0.114. The quantitative estimate of drug-likeness (QED) is 0.615. The molecule has 13 heavy (non-hydrogen) atoms. The highest BCUT2D eigenvalue weighted by Gasteiger charge is 2.56. The van der Waals surface area contributed by atoms with Crippen molar-refractivity contribution in [1.29, 1.82) is 0 Å². The summed E-state index contributed by atoms with van der Waals surface area (Å²) in [4.78, 5) is 24.7. The highest BCUT2D eigenvalue weighted by molar-refractivity contribution is 6.00. The lowest BCUT2D eigenvalue weighted by molar-refractivity contribution is -0.147. The van der Waals surface area contributed by atoms with Crippen LogP contribution in [0, 0.1) is 0 Å². The Morgan fingerprint density at radius 2 is 2.00 bits per heavy atom. The van der Waals surface area contributed by atoms with Crippen molar-refractivity contribution >= 4 is 11.8 Å². The minimum absolute atomic E-state index is 0.0224. The van der Waals surface area contributed by atoms with Gasteiger partial charge in [-0.15, -0.1) is 0 Å². The van der Waals surface area contributed by atoms with Crippen molar-refractivity contribution in [3.63, 3.8) is 0 Å². The number of amides is 2. The molecule has 2 amide bonds. The second-order valence-corrected chi connectivity index (χ2v) is 4.16. The maximum absolute atomic E-state index is 11.8. The van der Waals surface area contributed by atoms with E-state index in [-0.39, 0.29) is 24.4 Å². The molecule has 0 aromatic carbocycles. The molecule has 1 spiro atoms. The van der Waals surface area contributed by atoms with Crippen molar-refractivity contribution in [2.24, 2.45) is 0 Å². The van der Waals surface area contributed by atoms with Gasteiger partial charge in [-0.2, -0.15) is 0 Å². The van der Waals surface area contributed by atoms with Gasteiger partial charge in [-0.05, 0) is 26.7 Å². The summed E-state index contributed by atoms with van der Waals surface area (Å²) >= 11 is 0. The van der Waals surface area contributed by atoms with Gasteiger partial charge < -0.3 is 10.2 Å². The fraction of sp³-hybridized carbons (Fsp3) is 0.778. The van der Waals surface area contributed by atoms with Crippen LogP contribution in [0.2, 0.25) is 0 Å². The molecular formula is C9H14N2O2. The van der Waals surface area contributed by atoms with Crippen molar-refractivity contribution in [3.05, 3.63) is 0 Å². The van der Waals surface area contributed by atoms with E-state index in [1.165, 1.54) is 0 Å². The Kier molecular flexibility index (Phi) is 1.62. The van der Waals surface area contributed by atoms with Crippen LogP contribution in [-0.4, -0.2) is 34.8 Å². The largest absolute Gasteiger partial charge is 0.340 e. The maximum atomic E-state index is 11.8. The highest BCUT2D eigenvalue weighted by atomic mass is 16.2. The third-order valence-corrected chi connectivity index (χ3v) is 2.74. The molecule has 2 rings (SSSR count). The average molecular weight is 182 g/mol. The lowest BCUT2D eigenvalue weighted by Crippen LogP contribution is -2.61. The average Bonchev–Trinajstić information content (AvgIpc) is 2.78. The minimum atomic E-state index is -0.500. The van der Waals surface area contributed by atoms with Crippen LogP contribution in [0.15, 0.2) is 0 Å². The molecule has 0 aromatic heterocycles. The number of nitrogens with one attached hydrogen (secondary N) is 1. The van der Waals surface area contributed by atoms with Crippen molar-refractivity contribution in [2.45, 2.75) is 38.3 Å². The molecule has 1 N–H and O–H groups in total. The topological polar surface area (TPSA) is 49.4 Å². The standard InChI is InChI=1S/C9H14N2O2/c1-6(2)11-5-7(12)10-9(3-4-9)8(11)13/h6H,3-5H2,1-2H3,(H,10,12). The molecule has 0 radical (unpaired) electrons. The minimum Gasteiger partial charge on any atom is -0.340 e. The second-order valence-electron chi connectivity index (χ2n) is 4.16. The summed E-state index contributed by atoms with van der Waals surface area (Å²) in [5.41, 5.74) is -0.500. The molecule has 4 heteroatoms. The molecule has 1 aliphatic heterocycles. The van der Waals surface area contributed by atoms with Gasteiger partial charge in [-0.1, -0.05) is 0 Å². The molecule has 0 bridgehead atoms. The van der Waals surface area contributed by atoms with Crippen LogP contribution < -0.4 is 5.32 Å². The van der Waals surface area contributed by atoms with Gasteiger partial charge in [-0.25, -0.2) is 0 Å². The van der Waals surface area contributed by atoms with E-state index in [4.69, 9.17) is 0 Å². The van der Waals surface area contributed by atoms with Crippen LogP contribution >= 0.6 is 0 Å². The lowest BCUT2D eigenvalue weighted by atomic mass is 10.1. The Morgan fingerprint density at radius 1 is 1.38 bits per heavy atom. The molecule has 2 aliphatic rings. The third-order valence-electron chi connectivity index (χ3n) is 2.74. The monoisotopic (exact) mass is 182 g/mol. The number of carbonyl (C=O) groups is 2. The number of hydrogen-bond acceptors (Lipinski definition) is 2. The van der Waals surface area contributed by atoms with Gasteiger partial charge in [0.05, 0.1) is 6.54 Å². The summed E-state index contributed by atoms with van der Waals surface area (Å²) in [6.07, 6.45) is 1.61. The lowest BCUT2D eigenvalue weighted by Gasteiger charge is -2.35. The summed E-state index contributed by atoms with van der Waals surface area (Å²) in [6, 6.07) is 0.121. The van der Waals surface area contributed by atoms with E-state index in [0.29, 0.717) is 0 Å². The first-order valence-corrected chi connectivity index (χ1v) is 4.67. The summed E-state index contributed by atoms with van der Waals surface area (Å²) < 4.78 is 0. The van der Waals surface area contributed by atoms with Crippen molar-refractivity contribution in [3.8, 4) is 0 Å². The number of carbonyl (C=O) groups excluding carboxylic acids is 2. The van der Waals surface area contributed by atoms with Crippen LogP contribution in [0.25, 0.3) is 0 Å². The number of nitrogens with zero attached hydrogens (tertiary/aromatic N) is 1. The maximum Gasteiger partial charge on any atom is 0.249 e. The number of rotatable bonds is 1. The number of piperazine rings is 1. The predicted molar refractivity (Wildman–Crippen MR) is 47.0 cm³/mol. The molecule has 0 atom stereocenters. The van der Waals surface area contributed by atoms with Crippen LogP contribution in [0.1, 0.15) is 26.7 Å². The van der Waals surface area contributed by atoms with E-state index < -0.39 is 5.54 Å². The van der Waals surface area contributed by atoms with Gasteiger partial charge in [0.25, 0.3) is 0 Å². The number of hydrogen-bond donors (Lipinski definition) is 1. The summed E-state index contributed by atoms with van der Waals surface area (Å²) in [5, 5.41) is 2.77. The SMILES string of the molecule is CC(C)N1CC(=O)NC2(CC2)C1=O. The van der Waals surface area contributed by atoms with Crippen molar-refractivity contribution < 1.29 is 9.59 Å². The molecule has 72 valence electrons. The fourth-order valence-corrected chi connectivity index (χ4v) is 1.74. The molecular weight excluding hydrogens is 168 g/mol. The van der Waals surface area contributed by atoms with Gasteiger partial charge in [-0.3, -0.25) is 9.59 Å². The smallest absolute Gasteiger partial charge is 0.249 e. The Bertz CT molecular complexity index is 269. The normalized spacial score (nSPS) is 25.3. The van der Waals surface area contributed by atoms with Crippen molar-refractivity contribution in [1.82, 2.24) is 10.2 Å². The highest BCUT2D eigenvalue weighted by Crippen LogP contribution is 2.39. The van der Waals surface area contributed by atoms with Gasteiger partial charge in [0.1, 0.15) is 5.54 Å². The molecule has 0 aromatic rings. The zero-order valence-electron chi connectivity index (χ0n) is 7.96. The van der Waals surface area contributed by atoms with E-state index in [1.807, 2.05) is 13.8 Å². The summed E-state index contributed by atoms with van der Waals surface area (Å²) in [6.45, 7) is 4.09. The van der Waals surface area contributed by atoms with Crippen LogP contribution in [0.4, 0.5) is 0 Å². The zero-order chi connectivity index (χ0) is 9.64. The first-order chi connectivity index (χ1) is 6.05. The Labute approximate surface area is 77.3 Å². The third kappa shape index (κ3) is 1.20. The Balaban J connectivity index is 2.20. The van der Waals surface area contributed by atoms with Crippen LogP contribution in [0.5, 0.6) is 0 Å². The Hall–Kier alpha value is -1.06. The zero-order valence-corrected chi connectivity index (χ0v) is 7.96. The van der Waals surface area contributed by atoms with Crippen LogP contribution in [0.3, 0.4) is 0 Å². The van der Waals surface area contributed by atoms with E-state index in [0.717, 1.165) is 12.8 Å². The van der Waals surface area contributed by atoms with Crippen molar-refractivity contribution in [2.75, 3.05) is 6.54 Å². The molecule has 4 nitrogen and oxygen atoms in total. The second kappa shape index (κ2) is 2.47. The molecule has 1 aliphatic carbocycles. The van der Waals surface area contributed by atoms with E-state index in [9.17, 15) is 9.59 Å². The first-order valence-electron chi connectivity index (χ1n) is 4.67. The van der Waals surface area contributed by atoms with Gasteiger partial charge in [0.15, 0.2) is 0 Å². The van der Waals surface area contributed by atoms with E-state index in [2.05, 4.69) is 5.32 Å². The molecule has 1 heterocycles. The molecule has 1 saturated carbocycles. The van der Waals surface area contributed by atoms with Gasteiger partial charge in [0, 0.05) is 6.04 Å². The Morgan fingerprint density at radius 3 is 2.46 bits per heavy atom. The van der Waals surface area contributed by atoms with Crippen LogP contribution in [-0.2, 0) is 9.59 Å². The molecule has 0 unspecified atom stereocenters. The van der Waals surface area contributed by atoms with E-state index in [1.54, 1.807) is 4.90 Å². The fourth-order valence-electron chi connectivity index (χ4n) is 1.74. The summed E-state index contributed by atoms with van der Waals surface area (Å²) in [5.74, 6) is 0.0768. The van der Waals surface area contributed by atoms with Gasteiger partial charge >= 0.3 is 0 Å². The van der Waals surface area contributed by atoms with E-state index >= 15 is 0 Å².